The van der Waals surface area contributed by atoms with E-state index in [1.54, 1.807) is 0 Å². The summed E-state index contributed by atoms with van der Waals surface area (Å²) in [4.78, 5) is 14.0. The highest BCUT2D eigenvalue weighted by Crippen LogP contribution is 2.18. The van der Waals surface area contributed by atoms with Gasteiger partial charge in [0.2, 0.25) is 5.91 Å². The van der Waals surface area contributed by atoms with Crippen LogP contribution in [0.15, 0.2) is 0 Å². The van der Waals surface area contributed by atoms with E-state index < -0.39 is 5.41 Å². The second-order valence-corrected chi connectivity index (χ2v) is 4.88. The van der Waals surface area contributed by atoms with Gasteiger partial charge in [0.25, 0.3) is 0 Å². The van der Waals surface area contributed by atoms with Crippen molar-refractivity contribution in [1.29, 1.82) is 0 Å². The third-order valence-corrected chi connectivity index (χ3v) is 3.10. The molecule has 1 amide bonds. The van der Waals surface area contributed by atoms with Crippen LogP contribution in [-0.4, -0.2) is 44.5 Å². The first-order chi connectivity index (χ1) is 7.46. The molecule has 0 aliphatic rings. The van der Waals surface area contributed by atoms with Crippen molar-refractivity contribution < 1.29 is 4.79 Å². The van der Waals surface area contributed by atoms with Crippen molar-refractivity contribution in [3.63, 3.8) is 0 Å². The molecule has 0 aromatic rings. The number of carbonyl (C=O) groups is 1. The summed E-state index contributed by atoms with van der Waals surface area (Å²) in [7, 11) is 4.11. The minimum absolute atomic E-state index is 0.0855. The van der Waals surface area contributed by atoms with E-state index in [-0.39, 0.29) is 5.91 Å². The van der Waals surface area contributed by atoms with Crippen LogP contribution in [0.5, 0.6) is 0 Å². The first-order valence-electron chi connectivity index (χ1n) is 6.09. The number of rotatable bonds is 8. The fourth-order valence-electron chi connectivity index (χ4n) is 1.37. The van der Waals surface area contributed by atoms with Gasteiger partial charge in [-0.25, -0.2) is 0 Å². The predicted octanol–water partition coefficient (Wildman–Crippen LogP) is 0.819. The molecule has 0 aliphatic heterocycles. The summed E-state index contributed by atoms with van der Waals surface area (Å²) in [6.07, 6.45) is 2.92. The number of nitrogens with zero attached hydrogens (tertiary/aromatic N) is 1. The monoisotopic (exact) mass is 229 g/mol. The van der Waals surface area contributed by atoms with Crippen LogP contribution in [0.25, 0.3) is 0 Å². The molecular weight excluding hydrogens is 202 g/mol. The van der Waals surface area contributed by atoms with Crippen LogP contribution in [0.1, 0.15) is 33.1 Å². The molecule has 0 rings (SSSR count). The molecule has 1 unspecified atom stereocenters. The number of carbonyl (C=O) groups excluding carboxylic acids is 1. The van der Waals surface area contributed by atoms with Crippen LogP contribution in [0.2, 0.25) is 0 Å². The lowest BCUT2D eigenvalue weighted by atomic mass is 9.86. The third-order valence-electron chi connectivity index (χ3n) is 3.10. The van der Waals surface area contributed by atoms with Crippen LogP contribution >= 0.6 is 0 Å². The Hall–Kier alpha value is -0.610. The Labute approximate surface area is 99.6 Å². The van der Waals surface area contributed by atoms with E-state index in [1.807, 2.05) is 13.8 Å². The summed E-state index contributed by atoms with van der Waals surface area (Å²) < 4.78 is 0. The van der Waals surface area contributed by atoms with E-state index in [1.165, 1.54) is 0 Å². The molecule has 0 aliphatic carbocycles. The van der Waals surface area contributed by atoms with Crippen LogP contribution in [0.4, 0.5) is 0 Å². The van der Waals surface area contributed by atoms with Crippen molar-refractivity contribution >= 4 is 5.91 Å². The Balaban J connectivity index is 3.73. The Morgan fingerprint density at radius 3 is 2.44 bits per heavy atom. The van der Waals surface area contributed by atoms with Gasteiger partial charge >= 0.3 is 0 Å². The van der Waals surface area contributed by atoms with Gasteiger partial charge in [-0.1, -0.05) is 6.92 Å². The van der Waals surface area contributed by atoms with Crippen LogP contribution < -0.4 is 11.1 Å². The summed E-state index contributed by atoms with van der Waals surface area (Å²) in [6, 6.07) is 0. The zero-order chi connectivity index (χ0) is 12.6. The number of nitrogens with one attached hydrogen (secondary N) is 1. The van der Waals surface area contributed by atoms with Crippen molar-refractivity contribution in [2.24, 2.45) is 11.1 Å². The summed E-state index contributed by atoms with van der Waals surface area (Å²) in [5, 5.41) is 2.96. The maximum Gasteiger partial charge on any atom is 0.227 e. The number of hydrogen-bond acceptors (Lipinski definition) is 3. The fourth-order valence-corrected chi connectivity index (χ4v) is 1.37. The van der Waals surface area contributed by atoms with Crippen molar-refractivity contribution in [1.82, 2.24) is 10.2 Å². The van der Waals surface area contributed by atoms with E-state index in [4.69, 9.17) is 5.73 Å². The second-order valence-electron chi connectivity index (χ2n) is 4.88. The summed E-state index contributed by atoms with van der Waals surface area (Å²) in [5.74, 6) is 0.0855. The molecule has 0 fully saturated rings. The summed E-state index contributed by atoms with van der Waals surface area (Å²) in [6.45, 7) is 6.15. The van der Waals surface area contributed by atoms with Crippen LogP contribution in [-0.2, 0) is 4.79 Å². The van der Waals surface area contributed by atoms with Crippen molar-refractivity contribution in [2.45, 2.75) is 33.1 Å². The molecule has 3 N–H and O–H groups in total. The van der Waals surface area contributed by atoms with Crippen molar-refractivity contribution in [3.8, 4) is 0 Å². The third kappa shape index (κ3) is 5.47. The molecule has 0 radical (unpaired) electrons. The quantitative estimate of drug-likeness (QED) is 0.606. The van der Waals surface area contributed by atoms with E-state index in [0.717, 1.165) is 32.4 Å². The number of unbranched alkanes of at least 4 members (excludes halogenated alkanes) is 1. The van der Waals surface area contributed by atoms with Gasteiger partial charge in [0.1, 0.15) is 0 Å². The largest absolute Gasteiger partial charge is 0.356 e. The minimum atomic E-state index is -0.401. The first kappa shape index (κ1) is 15.4. The maximum absolute atomic E-state index is 11.8. The molecule has 0 saturated carbocycles. The van der Waals surface area contributed by atoms with E-state index in [2.05, 4.69) is 24.3 Å². The smallest absolute Gasteiger partial charge is 0.227 e. The predicted molar refractivity (Wildman–Crippen MR) is 68.3 cm³/mol. The average Bonchev–Trinajstić information content (AvgIpc) is 2.26. The molecule has 0 bridgehead atoms. The molecule has 4 nitrogen and oxygen atoms in total. The van der Waals surface area contributed by atoms with Gasteiger partial charge in [0, 0.05) is 13.1 Å². The lowest BCUT2D eigenvalue weighted by Crippen LogP contribution is -2.43. The Kier molecular flexibility index (Phi) is 7.34. The lowest BCUT2D eigenvalue weighted by molar-refractivity contribution is -0.129. The van der Waals surface area contributed by atoms with Gasteiger partial charge in [-0.2, -0.15) is 0 Å². The van der Waals surface area contributed by atoms with Crippen molar-refractivity contribution in [2.75, 3.05) is 33.7 Å². The van der Waals surface area contributed by atoms with E-state index in [9.17, 15) is 4.79 Å². The standard InChI is InChI=1S/C12H27N3O/c1-5-12(2,10-13)11(16)14-8-6-7-9-15(3)4/h5-10,13H2,1-4H3,(H,14,16). The van der Waals surface area contributed by atoms with Gasteiger partial charge in [-0.3, -0.25) is 4.79 Å². The molecule has 16 heavy (non-hydrogen) atoms. The Morgan fingerprint density at radius 1 is 1.38 bits per heavy atom. The molecule has 0 saturated heterocycles. The van der Waals surface area contributed by atoms with Crippen LogP contribution in [0, 0.1) is 5.41 Å². The van der Waals surface area contributed by atoms with E-state index >= 15 is 0 Å². The van der Waals surface area contributed by atoms with Gasteiger partial charge in [-0.05, 0) is 46.8 Å². The summed E-state index contributed by atoms with van der Waals surface area (Å²) in [5.41, 5.74) is 5.22. The SMILES string of the molecule is CCC(C)(CN)C(=O)NCCCCN(C)C. The Bertz CT molecular complexity index is 200. The lowest BCUT2D eigenvalue weighted by Gasteiger charge is -2.25. The number of hydrogen-bond donors (Lipinski definition) is 2. The van der Waals surface area contributed by atoms with Crippen LogP contribution in [0.3, 0.4) is 0 Å². The zero-order valence-electron chi connectivity index (χ0n) is 11.2. The van der Waals surface area contributed by atoms with Gasteiger partial charge in [0.05, 0.1) is 5.41 Å². The highest BCUT2D eigenvalue weighted by Gasteiger charge is 2.28. The zero-order valence-corrected chi connectivity index (χ0v) is 11.2. The highest BCUT2D eigenvalue weighted by atomic mass is 16.2. The van der Waals surface area contributed by atoms with Gasteiger partial charge < -0.3 is 16.0 Å². The molecule has 0 aromatic carbocycles. The number of amides is 1. The molecule has 96 valence electrons. The fraction of sp³-hybridized carbons (Fsp3) is 0.917. The van der Waals surface area contributed by atoms with E-state index in [0.29, 0.717) is 6.54 Å². The summed E-state index contributed by atoms with van der Waals surface area (Å²) >= 11 is 0. The van der Waals surface area contributed by atoms with Crippen molar-refractivity contribution in [3.05, 3.63) is 0 Å². The van der Waals surface area contributed by atoms with Gasteiger partial charge in [0.15, 0.2) is 0 Å². The minimum Gasteiger partial charge on any atom is -0.356 e. The normalized spacial score (nSPS) is 14.9. The molecule has 1 atom stereocenters. The molecule has 4 heteroatoms. The molecule has 0 aromatic heterocycles. The topological polar surface area (TPSA) is 58.4 Å². The Morgan fingerprint density at radius 2 is 2.00 bits per heavy atom. The molecule has 0 heterocycles. The molecular formula is C12H27N3O. The molecule has 0 spiro atoms. The highest BCUT2D eigenvalue weighted by molar-refractivity contribution is 5.82. The second kappa shape index (κ2) is 7.63. The maximum atomic E-state index is 11.8. The average molecular weight is 229 g/mol. The number of nitrogens with two attached hydrogens (primary N) is 1. The first-order valence-corrected chi connectivity index (χ1v) is 6.09. The van der Waals surface area contributed by atoms with Gasteiger partial charge in [-0.15, -0.1) is 0 Å².